The lowest BCUT2D eigenvalue weighted by Gasteiger charge is -2.08. The Morgan fingerprint density at radius 1 is 1.08 bits per heavy atom. The highest BCUT2D eigenvalue weighted by molar-refractivity contribution is 7.14. The second-order valence-corrected chi connectivity index (χ2v) is 7.12. The molecule has 2 heterocycles. The lowest BCUT2D eigenvalue weighted by atomic mass is 10.1. The molecule has 3 aromatic rings. The van der Waals surface area contributed by atoms with E-state index in [1.54, 1.807) is 11.4 Å². The van der Waals surface area contributed by atoms with Gasteiger partial charge in [-0.2, -0.15) is 0 Å². The minimum atomic E-state index is -0.183. The minimum Gasteiger partial charge on any atom is -0.325 e. The third-order valence-corrected chi connectivity index (χ3v) is 5.21. The van der Waals surface area contributed by atoms with Gasteiger partial charge in [0.1, 0.15) is 0 Å². The molecule has 5 nitrogen and oxygen atoms in total. The maximum Gasteiger partial charge on any atom is 0.267 e. The SMILES string of the molecule is CCc1ccccc1NC(=O)Cc1csc(NC(=O)c2cccs2)n1. The number of amides is 2. The molecule has 0 bridgehead atoms. The van der Waals surface area contributed by atoms with Crippen LogP contribution in [0.1, 0.15) is 27.9 Å². The number of thiazole rings is 1. The molecule has 0 atom stereocenters. The molecule has 25 heavy (non-hydrogen) atoms. The summed E-state index contributed by atoms with van der Waals surface area (Å²) in [6.45, 7) is 2.05. The van der Waals surface area contributed by atoms with Gasteiger partial charge in [0, 0.05) is 11.1 Å². The molecule has 2 amide bonds. The fourth-order valence-electron chi connectivity index (χ4n) is 2.32. The van der Waals surface area contributed by atoms with Gasteiger partial charge >= 0.3 is 0 Å². The molecule has 3 rings (SSSR count). The van der Waals surface area contributed by atoms with Crippen molar-refractivity contribution in [2.24, 2.45) is 0 Å². The Bertz CT molecular complexity index is 872. The molecule has 7 heteroatoms. The van der Waals surface area contributed by atoms with Crippen molar-refractivity contribution in [2.75, 3.05) is 10.6 Å². The Labute approximate surface area is 153 Å². The smallest absolute Gasteiger partial charge is 0.267 e. The van der Waals surface area contributed by atoms with E-state index in [9.17, 15) is 9.59 Å². The van der Waals surface area contributed by atoms with Crippen LogP contribution >= 0.6 is 22.7 Å². The highest BCUT2D eigenvalue weighted by atomic mass is 32.1. The van der Waals surface area contributed by atoms with E-state index in [0.29, 0.717) is 15.7 Å². The third-order valence-electron chi connectivity index (χ3n) is 3.53. The van der Waals surface area contributed by atoms with Gasteiger partial charge in [-0.3, -0.25) is 14.9 Å². The molecule has 0 unspecified atom stereocenters. The molecular weight excluding hydrogens is 354 g/mol. The number of hydrogen-bond donors (Lipinski definition) is 2. The fraction of sp³-hybridized carbons (Fsp3) is 0.167. The Hall–Kier alpha value is -2.51. The molecular formula is C18H17N3O2S2. The molecule has 1 aromatic carbocycles. The zero-order valence-electron chi connectivity index (χ0n) is 13.6. The first-order valence-corrected chi connectivity index (χ1v) is 9.58. The van der Waals surface area contributed by atoms with E-state index < -0.39 is 0 Å². The van der Waals surface area contributed by atoms with E-state index >= 15 is 0 Å². The molecule has 128 valence electrons. The first-order chi connectivity index (χ1) is 12.2. The van der Waals surface area contributed by atoms with Gasteiger partial charge in [-0.1, -0.05) is 31.2 Å². The summed E-state index contributed by atoms with van der Waals surface area (Å²) >= 11 is 2.69. The van der Waals surface area contributed by atoms with Gasteiger partial charge in [-0.25, -0.2) is 4.98 Å². The average molecular weight is 371 g/mol. The van der Waals surface area contributed by atoms with Gasteiger partial charge in [-0.15, -0.1) is 22.7 Å². The number of aromatic nitrogens is 1. The van der Waals surface area contributed by atoms with E-state index in [2.05, 4.69) is 15.6 Å². The van der Waals surface area contributed by atoms with Crippen LogP contribution in [0.2, 0.25) is 0 Å². The topological polar surface area (TPSA) is 71.1 Å². The van der Waals surface area contributed by atoms with Crippen molar-refractivity contribution in [1.29, 1.82) is 0 Å². The molecule has 0 fully saturated rings. The second kappa shape index (κ2) is 8.04. The molecule has 0 aliphatic rings. The highest BCUT2D eigenvalue weighted by Crippen LogP contribution is 2.19. The number of thiophene rings is 1. The van der Waals surface area contributed by atoms with Gasteiger partial charge in [0.2, 0.25) is 5.91 Å². The van der Waals surface area contributed by atoms with Crippen LogP contribution in [0.4, 0.5) is 10.8 Å². The minimum absolute atomic E-state index is 0.123. The van der Waals surface area contributed by atoms with Crippen molar-refractivity contribution in [1.82, 2.24) is 4.98 Å². The summed E-state index contributed by atoms with van der Waals surface area (Å²) in [4.78, 5) is 29.2. The van der Waals surface area contributed by atoms with Crippen LogP contribution in [-0.2, 0) is 17.6 Å². The Morgan fingerprint density at radius 2 is 1.92 bits per heavy atom. The van der Waals surface area contributed by atoms with Crippen LogP contribution in [0.15, 0.2) is 47.2 Å². The number of carbonyl (C=O) groups excluding carboxylic acids is 2. The molecule has 0 aliphatic heterocycles. The molecule has 2 aromatic heterocycles. The van der Waals surface area contributed by atoms with E-state index in [1.165, 1.54) is 22.7 Å². The Morgan fingerprint density at radius 3 is 2.68 bits per heavy atom. The van der Waals surface area contributed by atoms with Crippen molar-refractivity contribution >= 4 is 45.3 Å². The van der Waals surface area contributed by atoms with Crippen LogP contribution in [0.3, 0.4) is 0 Å². The predicted octanol–water partition coefficient (Wildman–Crippen LogP) is 4.20. The number of anilines is 2. The van der Waals surface area contributed by atoms with Gasteiger partial charge in [0.15, 0.2) is 5.13 Å². The van der Waals surface area contributed by atoms with Gasteiger partial charge < -0.3 is 5.32 Å². The summed E-state index contributed by atoms with van der Waals surface area (Å²) in [5, 5.41) is 9.81. The quantitative estimate of drug-likeness (QED) is 0.682. The van der Waals surface area contributed by atoms with Crippen molar-refractivity contribution < 1.29 is 9.59 Å². The Balaban J connectivity index is 1.59. The van der Waals surface area contributed by atoms with Crippen molar-refractivity contribution in [3.63, 3.8) is 0 Å². The number of nitrogens with one attached hydrogen (secondary N) is 2. The predicted molar refractivity (Wildman–Crippen MR) is 103 cm³/mol. The number of para-hydroxylation sites is 1. The van der Waals surface area contributed by atoms with Crippen LogP contribution in [0.5, 0.6) is 0 Å². The second-order valence-electron chi connectivity index (χ2n) is 5.31. The first-order valence-electron chi connectivity index (χ1n) is 7.82. The lowest BCUT2D eigenvalue weighted by molar-refractivity contribution is -0.115. The molecule has 0 spiro atoms. The van der Waals surface area contributed by atoms with Crippen LogP contribution in [0, 0.1) is 0 Å². The Kier molecular flexibility index (Phi) is 5.57. The monoisotopic (exact) mass is 371 g/mol. The summed E-state index contributed by atoms with van der Waals surface area (Å²) in [6.07, 6.45) is 1.02. The number of benzene rings is 1. The van der Waals surface area contributed by atoms with Crippen molar-refractivity contribution in [3.05, 3.63) is 63.3 Å². The average Bonchev–Trinajstić information content (AvgIpc) is 3.27. The highest BCUT2D eigenvalue weighted by Gasteiger charge is 2.12. The normalized spacial score (nSPS) is 10.4. The molecule has 0 aliphatic carbocycles. The molecule has 0 saturated heterocycles. The van der Waals surface area contributed by atoms with Gasteiger partial charge in [-0.05, 0) is 29.5 Å². The third kappa shape index (κ3) is 4.52. The molecule has 2 N–H and O–H groups in total. The summed E-state index contributed by atoms with van der Waals surface area (Å²) in [5.41, 5.74) is 2.56. The fourth-order valence-corrected chi connectivity index (χ4v) is 3.65. The lowest BCUT2D eigenvalue weighted by Crippen LogP contribution is -2.16. The molecule has 0 radical (unpaired) electrons. The number of rotatable bonds is 6. The summed E-state index contributed by atoms with van der Waals surface area (Å²) in [6, 6.07) is 11.3. The summed E-state index contributed by atoms with van der Waals surface area (Å²) in [7, 11) is 0. The van der Waals surface area contributed by atoms with Crippen LogP contribution in [0.25, 0.3) is 0 Å². The number of carbonyl (C=O) groups is 2. The van der Waals surface area contributed by atoms with E-state index in [4.69, 9.17) is 0 Å². The van der Waals surface area contributed by atoms with Gasteiger partial charge in [0.25, 0.3) is 5.91 Å². The van der Waals surface area contributed by atoms with E-state index in [1.807, 2.05) is 42.6 Å². The van der Waals surface area contributed by atoms with Crippen LogP contribution < -0.4 is 10.6 Å². The standard InChI is InChI=1S/C18H17N3O2S2/c1-2-12-6-3-4-7-14(12)20-16(22)10-13-11-25-18(19-13)21-17(23)15-8-5-9-24-15/h3-9,11H,2,10H2,1H3,(H,20,22)(H,19,21,23). The zero-order chi connectivity index (χ0) is 17.6. The zero-order valence-corrected chi connectivity index (χ0v) is 15.2. The molecule has 0 saturated carbocycles. The van der Waals surface area contributed by atoms with Gasteiger partial charge in [0.05, 0.1) is 17.0 Å². The number of hydrogen-bond acceptors (Lipinski definition) is 5. The maximum absolute atomic E-state index is 12.2. The van der Waals surface area contributed by atoms with E-state index in [0.717, 1.165) is 17.7 Å². The first kappa shape index (κ1) is 17.3. The number of nitrogens with zero attached hydrogens (tertiary/aromatic N) is 1. The van der Waals surface area contributed by atoms with Crippen molar-refractivity contribution in [3.8, 4) is 0 Å². The summed E-state index contributed by atoms with van der Waals surface area (Å²) < 4.78 is 0. The maximum atomic E-state index is 12.2. The summed E-state index contributed by atoms with van der Waals surface area (Å²) in [5.74, 6) is -0.306. The van der Waals surface area contributed by atoms with Crippen LogP contribution in [-0.4, -0.2) is 16.8 Å². The van der Waals surface area contributed by atoms with Crippen molar-refractivity contribution in [2.45, 2.75) is 19.8 Å². The largest absolute Gasteiger partial charge is 0.325 e. The van der Waals surface area contributed by atoms with E-state index in [-0.39, 0.29) is 18.2 Å². The number of aryl methyl sites for hydroxylation is 1.